The van der Waals surface area contributed by atoms with Gasteiger partial charge in [0.25, 0.3) is 0 Å². The molecular weight excluding hydrogens is 281 g/mol. The molecule has 1 aliphatic heterocycles. The summed E-state index contributed by atoms with van der Waals surface area (Å²) in [6, 6.07) is 13.9. The van der Waals surface area contributed by atoms with Crippen LogP contribution in [-0.2, 0) is 6.54 Å². The molecular formula is C18H18FNO2. The molecule has 1 atom stereocenters. The largest absolute Gasteiger partial charge is 0.478 e. The molecule has 0 aliphatic carbocycles. The molecule has 1 aliphatic rings. The maximum atomic E-state index is 13.8. The molecule has 0 amide bonds. The minimum Gasteiger partial charge on any atom is -0.478 e. The predicted octanol–water partition coefficient (Wildman–Crippen LogP) is 3.51. The number of aromatic carboxylic acids is 1. The van der Waals surface area contributed by atoms with Crippen LogP contribution in [0.25, 0.3) is 0 Å². The molecule has 2 aromatic carbocycles. The zero-order chi connectivity index (χ0) is 15.5. The van der Waals surface area contributed by atoms with Crippen LogP contribution in [0.5, 0.6) is 0 Å². The fourth-order valence-electron chi connectivity index (χ4n) is 3.05. The Morgan fingerprint density at radius 2 is 1.91 bits per heavy atom. The van der Waals surface area contributed by atoms with E-state index in [0.717, 1.165) is 37.2 Å². The van der Waals surface area contributed by atoms with E-state index in [2.05, 4.69) is 4.90 Å². The second-order valence-corrected chi connectivity index (χ2v) is 5.74. The Balaban J connectivity index is 1.63. The Hall–Kier alpha value is -2.20. The monoisotopic (exact) mass is 299 g/mol. The molecule has 2 aromatic rings. The summed E-state index contributed by atoms with van der Waals surface area (Å²) >= 11 is 0. The first-order valence-electron chi connectivity index (χ1n) is 7.42. The first-order chi connectivity index (χ1) is 10.6. The van der Waals surface area contributed by atoms with E-state index < -0.39 is 5.97 Å². The summed E-state index contributed by atoms with van der Waals surface area (Å²) in [6.07, 6.45) is 0.953. The Bertz CT molecular complexity index is 669. The zero-order valence-corrected chi connectivity index (χ0v) is 12.2. The van der Waals surface area contributed by atoms with E-state index in [1.165, 1.54) is 6.07 Å². The van der Waals surface area contributed by atoms with Crippen molar-refractivity contribution in [1.29, 1.82) is 0 Å². The first-order valence-corrected chi connectivity index (χ1v) is 7.42. The Morgan fingerprint density at radius 3 is 2.59 bits per heavy atom. The number of halogens is 1. The van der Waals surface area contributed by atoms with E-state index in [1.807, 2.05) is 24.3 Å². The van der Waals surface area contributed by atoms with Gasteiger partial charge in [0, 0.05) is 19.0 Å². The van der Waals surface area contributed by atoms with Crippen molar-refractivity contribution in [3.05, 3.63) is 71.0 Å². The summed E-state index contributed by atoms with van der Waals surface area (Å²) in [5.74, 6) is -0.799. The lowest BCUT2D eigenvalue weighted by molar-refractivity contribution is 0.0697. The van der Waals surface area contributed by atoms with Crippen molar-refractivity contribution in [1.82, 2.24) is 4.90 Å². The SMILES string of the molecule is O=C(O)c1ccc(CN2CCC(c3ccccc3F)C2)cc1. The maximum absolute atomic E-state index is 13.8. The Morgan fingerprint density at radius 1 is 1.18 bits per heavy atom. The second-order valence-electron chi connectivity index (χ2n) is 5.74. The zero-order valence-electron chi connectivity index (χ0n) is 12.2. The van der Waals surface area contributed by atoms with Gasteiger partial charge in [-0.15, -0.1) is 0 Å². The second kappa shape index (κ2) is 6.28. The number of nitrogens with zero attached hydrogens (tertiary/aromatic N) is 1. The van der Waals surface area contributed by atoms with Crippen LogP contribution in [-0.4, -0.2) is 29.1 Å². The van der Waals surface area contributed by atoms with Crippen LogP contribution in [0.4, 0.5) is 4.39 Å². The molecule has 4 heteroatoms. The molecule has 1 N–H and O–H groups in total. The van der Waals surface area contributed by atoms with Crippen molar-refractivity contribution in [2.24, 2.45) is 0 Å². The summed E-state index contributed by atoms with van der Waals surface area (Å²) in [5.41, 5.74) is 2.18. The van der Waals surface area contributed by atoms with Crippen LogP contribution in [0.3, 0.4) is 0 Å². The van der Waals surface area contributed by atoms with Crippen LogP contribution < -0.4 is 0 Å². The van der Waals surface area contributed by atoms with E-state index in [-0.39, 0.29) is 11.7 Å². The molecule has 3 nitrogen and oxygen atoms in total. The molecule has 1 heterocycles. The molecule has 0 radical (unpaired) electrons. The minimum absolute atomic E-state index is 0.125. The van der Waals surface area contributed by atoms with Crippen molar-refractivity contribution in [3.8, 4) is 0 Å². The van der Waals surface area contributed by atoms with E-state index in [0.29, 0.717) is 5.56 Å². The number of carboxylic acids is 1. The molecule has 22 heavy (non-hydrogen) atoms. The molecule has 0 aromatic heterocycles. The average molecular weight is 299 g/mol. The third kappa shape index (κ3) is 3.17. The minimum atomic E-state index is -0.910. The fraction of sp³-hybridized carbons (Fsp3) is 0.278. The fourth-order valence-corrected chi connectivity index (χ4v) is 3.05. The lowest BCUT2D eigenvalue weighted by Crippen LogP contribution is -2.20. The molecule has 1 fully saturated rings. The van der Waals surface area contributed by atoms with Crippen LogP contribution in [0.1, 0.15) is 33.8 Å². The number of carbonyl (C=O) groups is 1. The predicted molar refractivity (Wildman–Crippen MR) is 82.4 cm³/mol. The summed E-state index contributed by atoms with van der Waals surface area (Å²) in [4.78, 5) is 13.1. The molecule has 1 saturated heterocycles. The highest BCUT2D eigenvalue weighted by molar-refractivity contribution is 5.87. The van der Waals surface area contributed by atoms with Crippen molar-refractivity contribution in [2.45, 2.75) is 18.9 Å². The Labute approximate surface area is 129 Å². The van der Waals surface area contributed by atoms with E-state index in [1.54, 1.807) is 18.2 Å². The van der Waals surface area contributed by atoms with Gasteiger partial charge in [-0.05, 0) is 42.3 Å². The van der Waals surface area contributed by atoms with Crippen LogP contribution in [0, 0.1) is 5.82 Å². The number of rotatable bonds is 4. The van der Waals surface area contributed by atoms with Crippen LogP contribution in [0.2, 0.25) is 0 Å². The van der Waals surface area contributed by atoms with Crippen molar-refractivity contribution < 1.29 is 14.3 Å². The number of hydrogen-bond acceptors (Lipinski definition) is 2. The highest BCUT2D eigenvalue weighted by Gasteiger charge is 2.25. The van der Waals surface area contributed by atoms with Crippen molar-refractivity contribution in [2.75, 3.05) is 13.1 Å². The first kappa shape index (κ1) is 14.7. The van der Waals surface area contributed by atoms with Crippen LogP contribution in [0.15, 0.2) is 48.5 Å². The van der Waals surface area contributed by atoms with Gasteiger partial charge in [-0.1, -0.05) is 30.3 Å². The normalized spacial score (nSPS) is 18.5. The van der Waals surface area contributed by atoms with Gasteiger partial charge in [-0.3, -0.25) is 4.90 Å². The maximum Gasteiger partial charge on any atom is 0.335 e. The van der Waals surface area contributed by atoms with E-state index >= 15 is 0 Å². The van der Waals surface area contributed by atoms with Gasteiger partial charge in [0.15, 0.2) is 0 Å². The van der Waals surface area contributed by atoms with E-state index in [4.69, 9.17) is 5.11 Å². The Kier molecular flexibility index (Phi) is 4.20. The molecule has 1 unspecified atom stereocenters. The number of hydrogen-bond donors (Lipinski definition) is 1. The van der Waals surface area contributed by atoms with Crippen molar-refractivity contribution in [3.63, 3.8) is 0 Å². The summed E-state index contributed by atoms with van der Waals surface area (Å²) < 4.78 is 13.8. The quantitative estimate of drug-likeness (QED) is 0.939. The molecule has 0 spiro atoms. The molecule has 114 valence electrons. The topological polar surface area (TPSA) is 40.5 Å². The summed E-state index contributed by atoms with van der Waals surface area (Å²) in [5, 5.41) is 8.90. The standard InChI is InChI=1S/C18H18FNO2/c19-17-4-2-1-3-16(17)15-9-10-20(12-15)11-13-5-7-14(8-6-13)18(21)22/h1-8,15H,9-12H2,(H,21,22). The van der Waals surface area contributed by atoms with Crippen LogP contribution >= 0.6 is 0 Å². The van der Waals surface area contributed by atoms with Gasteiger partial charge in [-0.2, -0.15) is 0 Å². The number of benzene rings is 2. The summed E-state index contributed by atoms with van der Waals surface area (Å²) in [6.45, 7) is 2.53. The van der Waals surface area contributed by atoms with Gasteiger partial charge in [0.1, 0.15) is 5.82 Å². The third-order valence-corrected chi connectivity index (χ3v) is 4.22. The van der Waals surface area contributed by atoms with E-state index in [9.17, 15) is 9.18 Å². The smallest absolute Gasteiger partial charge is 0.335 e. The van der Waals surface area contributed by atoms with Gasteiger partial charge < -0.3 is 5.11 Å². The molecule has 3 rings (SSSR count). The number of carboxylic acid groups (broad SMARTS) is 1. The van der Waals surface area contributed by atoms with Gasteiger partial charge in [0.2, 0.25) is 0 Å². The highest BCUT2D eigenvalue weighted by Crippen LogP contribution is 2.29. The van der Waals surface area contributed by atoms with Gasteiger partial charge in [-0.25, -0.2) is 9.18 Å². The lowest BCUT2D eigenvalue weighted by Gasteiger charge is -2.16. The lowest BCUT2D eigenvalue weighted by atomic mass is 9.98. The third-order valence-electron chi connectivity index (χ3n) is 4.22. The molecule has 0 bridgehead atoms. The molecule has 0 saturated carbocycles. The van der Waals surface area contributed by atoms with Crippen molar-refractivity contribution >= 4 is 5.97 Å². The van der Waals surface area contributed by atoms with Gasteiger partial charge in [0.05, 0.1) is 5.56 Å². The van der Waals surface area contributed by atoms with Gasteiger partial charge >= 0.3 is 5.97 Å². The average Bonchev–Trinajstić information content (AvgIpc) is 2.96. The number of likely N-dealkylation sites (tertiary alicyclic amines) is 1. The summed E-state index contributed by atoms with van der Waals surface area (Å²) in [7, 11) is 0. The highest BCUT2D eigenvalue weighted by atomic mass is 19.1.